The molecule has 1 aliphatic rings. The van der Waals surface area contributed by atoms with Crippen LogP contribution < -0.4 is 0 Å². The Labute approximate surface area is 89.5 Å². The van der Waals surface area contributed by atoms with Gasteiger partial charge in [0.2, 0.25) is 0 Å². The van der Waals surface area contributed by atoms with Crippen LogP contribution in [0.1, 0.15) is 30.2 Å². The Hall–Kier alpha value is -1.34. The lowest BCUT2D eigenvalue weighted by molar-refractivity contribution is -0.0105. The van der Waals surface area contributed by atoms with Gasteiger partial charge in [-0.05, 0) is 19.8 Å². The molecule has 2 heterocycles. The highest BCUT2D eigenvalue weighted by molar-refractivity contribution is 5.21. The average Bonchev–Trinajstić information content (AvgIpc) is 2.57. The quantitative estimate of drug-likeness (QED) is 0.701. The van der Waals surface area contributed by atoms with Crippen molar-refractivity contribution in [3.63, 3.8) is 0 Å². The van der Waals surface area contributed by atoms with Crippen molar-refractivity contribution < 1.29 is 4.74 Å². The van der Waals surface area contributed by atoms with Crippen LogP contribution >= 0.6 is 0 Å². The molecule has 0 spiro atoms. The van der Waals surface area contributed by atoms with Gasteiger partial charge in [-0.15, -0.1) is 0 Å². The van der Waals surface area contributed by atoms with E-state index >= 15 is 0 Å². The molecule has 80 valence electrons. The van der Waals surface area contributed by atoms with Crippen molar-refractivity contribution in [2.75, 3.05) is 6.61 Å². The van der Waals surface area contributed by atoms with Gasteiger partial charge in [-0.3, -0.25) is 4.68 Å². The largest absolute Gasteiger partial charge is 0.372 e. The first-order valence-electron chi connectivity index (χ1n) is 5.23. The molecule has 0 bridgehead atoms. The van der Waals surface area contributed by atoms with Gasteiger partial charge in [0.25, 0.3) is 0 Å². The molecule has 2 atom stereocenters. The van der Waals surface area contributed by atoms with Crippen LogP contribution in [0.4, 0.5) is 0 Å². The molecule has 1 saturated heterocycles. The van der Waals surface area contributed by atoms with Gasteiger partial charge in [0.05, 0.1) is 17.7 Å². The zero-order chi connectivity index (χ0) is 10.8. The summed E-state index contributed by atoms with van der Waals surface area (Å²) in [6.45, 7) is 2.71. The maximum absolute atomic E-state index is 9.06. The predicted molar refractivity (Wildman–Crippen MR) is 55.0 cm³/mol. The van der Waals surface area contributed by atoms with Crippen LogP contribution in [0.15, 0.2) is 6.20 Å². The molecule has 0 amide bonds. The molecule has 0 aromatic carbocycles. The topological polar surface area (TPSA) is 50.8 Å². The van der Waals surface area contributed by atoms with Gasteiger partial charge >= 0.3 is 0 Å². The average molecular weight is 205 g/mol. The molecule has 4 nitrogen and oxygen atoms in total. The van der Waals surface area contributed by atoms with Crippen molar-refractivity contribution >= 4 is 0 Å². The molecule has 0 N–H and O–H groups in total. The Morgan fingerprint density at radius 1 is 1.67 bits per heavy atom. The zero-order valence-electron chi connectivity index (χ0n) is 9.10. The molecule has 1 aromatic heterocycles. The van der Waals surface area contributed by atoms with Crippen LogP contribution in [0.2, 0.25) is 0 Å². The van der Waals surface area contributed by atoms with Gasteiger partial charge in [0.15, 0.2) is 0 Å². The van der Waals surface area contributed by atoms with Crippen molar-refractivity contribution in [3.8, 4) is 6.07 Å². The number of nitriles is 1. The predicted octanol–water partition coefficient (Wildman–Crippen LogP) is 1.72. The van der Waals surface area contributed by atoms with Crippen LogP contribution in [-0.2, 0) is 11.8 Å². The molecular formula is C11H15N3O. The fourth-order valence-electron chi connectivity index (χ4n) is 2.12. The van der Waals surface area contributed by atoms with Gasteiger partial charge in [-0.25, -0.2) is 0 Å². The van der Waals surface area contributed by atoms with E-state index < -0.39 is 0 Å². The lowest BCUT2D eigenvalue weighted by atomic mass is 9.91. The first kappa shape index (κ1) is 10.2. The molecular weight excluding hydrogens is 190 g/mol. The third-order valence-electron chi connectivity index (χ3n) is 2.85. The first-order valence-corrected chi connectivity index (χ1v) is 5.23. The smallest absolute Gasteiger partial charge is 0.102 e. The van der Waals surface area contributed by atoms with Crippen molar-refractivity contribution in [2.45, 2.75) is 25.9 Å². The van der Waals surface area contributed by atoms with E-state index in [1.807, 2.05) is 20.2 Å². The van der Waals surface area contributed by atoms with E-state index in [-0.39, 0.29) is 12.0 Å². The second-order valence-corrected chi connectivity index (χ2v) is 4.01. The van der Waals surface area contributed by atoms with Crippen LogP contribution in [0.3, 0.4) is 0 Å². The highest BCUT2D eigenvalue weighted by atomic mass is 16.5. The van der Waals surface area contributed by atoms with Crippen LogP contribution in [-0.4, -0.2) is 16.4 Å². The van der Waals surface area contributed by atoms with Crippen LogP contribution in [0, 0.1) is 24.2 Å². The van der Waals surface area contributed by atoms with E-state index in [1.54, 1.807) is 4.68 Å². The second kappa shape index (κ2) is 4.03. The first-order chi connectivity index (χ1) is 7.22. The Balaban J connectivity index is 2.28. The molecule has 1 aromatic rings. The van der Waals surface area contributed by atoms with Crippen molar-refractivity contribution in [3.05, 3.63) is 17.5 Å². The summed E-state index contributed by atoms with van der Waals surface area (Å²) in [5.74, 6) is -0.0263. The van der Waals surface area contributed by atoms with Crippen LogP contribution in [0.5, 0.6) is 0 Å². The summed E-state index contributed by atoms with van der Waals surface area (Å²) >= 11 is 0. The number of hydrogen-bond donors (Lipinski definition) is 0. The van der Waals surface area contributed by atoms with E-state index in [9.17, 15) is 0 Å². The maximum atomic E-state index is 9.06. The number of aromatic nitrogens is 2. The lowest BCUT2D eigenvalue weighted by Gasteiger charge is -2.26. The summed E-state index contributed by atoms with van der Waals surface area (Å²) in [5, 5.41) is 13.3. The van der Waals surface area contributed by atoms with Gasteiger partial charge in [-0.2, -0.15) is 10.4 Å². The Kier molecular flexibility index (Phi) is 2.74. The Bertz CT molecular complexity index is 391. The summed E-state index contributed by atoms with van der Waals surface area (Å²) in [6, 6.07) is 2.33. The minimum absolute atomic E-state index is 0.0263. The normalized spacial score (nSPS) is 26.2. The Morgan fingerprint density at radius 2 is 2.47 bits per heavy atom. The fraction of sp³-hybridized carbons (Fsp3) is 0.636. The molecule has 15 heavy (non-hydrogen) atoms. The molecule has 0 saturated carbocycles. The van der Waals surface area contributed by atoms with Crippen LogP contribution in [0.25, 0.3) is 0 Å². The maximum Gasteiger partial charge on any atom is 0.102 e. The van der Waals surface area contributed by atoms with Gasteiger partial charge < -0.3 is 4.74 Å². The summed E-state index contributed by atoms with van der Waals surface area (Å²) in [5.41, 5.74) is 2.02. The molecule has 4 heteroatoms. The van der Waals surface area contributed by atoms with Crippen molar-refractivity contribution in [2.24, 2.45) is 13.0 Å². The SMILES string of the molecule is Cc1nn(C)cc1C1OCCCC1C#N. The molecule has 0 aliphatic carbocycles. The summed E-state index contributed by atoms with van der Waals surface area (Å²) in [6.07, 6.45) is 3.77. The number of rotatable bonds is 1. The second-order valence-electron chi connectivity index (χ2n) is 4.01. The third-order valence-corrected chi connectivity index (χ3v) is 2.85. The van der Waals surface area contributed by atoms with Gasteiger partial charge in [0, 0.05) is 25.4 Å². The number of hydrogen-bond acceptors (Lipinski definition) is 3. The molecule has 0 radical (unpaired) electrons. The molecule has 1 aliphatic heterocycles. The third kappa shape index (κ3) is 1.88. The van der Waals surface area contributed by atoms with E-state index in [0.717, 1.165) is 30.7 Å². The number of aryl methyl sites for hydroxylation is 2. The summed E-state index contributed by atoms with van der Waals surface area (Å²) in [4.78, 5) is 0. The van der Waals surface area contributed by atoms with Gasteiger partial charge in [-0.1, -0.05) is 0 Å². The molecule has 1 fully saturated rings. The highest BCUT2D eigenvalue weighted by Gasteiger charge is 2.29. The standard InChI is InChI=1S/C11H15N3O/c1-8-10(7-14(2)13-8)11-9(6-12)4-3-5-15-11/h7,9,11H,3-5H2,1-2H3. The van der Waals surface area contributed by atoms with E-state index in [1.165, 1.54) is 0 Å². The monoisotopic (exact) mass is 205 g/mol. The zero-order valence-corrected chi connectivity index (χ0v) is 9.10. The molecule has 2 rings (SSSR count). The number of ether oxygens (including phenoxy) is 1. The highest BCUT2D eigenvalue weighted by Crippen LogP contribution is 2.34. The minimum atomic E-state index is -0.0857. The van der Waals surface area contributed by atoms with E-state index in [0.29, 0.717) is 0 Å². The van der Waals surface area contributed by atoms with E-state index in [4.69, 9.17) is 10.00 Å². The minimum Gasteiger partial charge on any atom is -0.372 e. The number of nitrogens with zero attached hydrogens (tertiary/aromatic N) is 3. The Morgan fingerprint density at radius 3 is 3.07 bits per heavy atom. The van der Waals surface area contributed by atoms with Crippen molar-refractivity contribution in [1.29, 1.82) is 5.26 Å². The molecule has 2 unspecified atom stereocenters. The summed E-state index contributed by atoms with van der Waals surface area (Å²) in [7, 11) is 1.89. The van der Waals surface area contributed by atoms with Crippen molar-refractivity contribution in [1.82, 2.24) is 9.78 Å². The fourth-order valence-corrected chi connectivity index (χ4v) is 2.12. The lowest BCUT2D eigenvalue weighted by Crippen LogP contribution is -2.21. The van der Waals surface area contributed by atoms with E-state index in [2.05, 4.69) is 11.2 Å². The van der Waals surface area contributed by atoms with Gasteiger partial charge in [0.1, 0.15) is 6.10 Å². The summed E-state index contributed by atoms with van der Waals surface area (Å²) < 4.78 is 7.46.